The molecule has 1 aliphatic carbocycles. The Morgan fingerprint density at radius 2 is 2.19 bits per heavy atom. The van der Waals surface area contributed by atoms with Gasteiger partial charge in [0.15, 0.2) is 5.42 Å². The second-order valence-electron chi connectivity index (χ2n) is 4.87. The molecule has 0 saturated heterocycles. The van der Waals surface area contributed by atoms with E-state index in [0.717, 1.165) is 35.9 Å². The highest BCUT2D eigenvalue weighted by Gasteiger charge is 2.23. The first-order valence-corrected chi connectivity index (χ1v) is 5.62. The summed E-state index contributed by atoms with van der Waals surface area (Å²) in [4.78, 5) is 8.89. The zero-order chi connectivity index (χ0) is 11.3. The van der Waals surface area contributed by atoms with Crippen LogP contribution in [-0.2, 0) is 6.42 Å². The molecule has 3 rings (SSSR count). The van der Waals surface area contributed by atoms with Crippen LogP contribution in [-0.4, -0.2) is 11.9 Å². The van der Waals surface area contributed by atoms with E-state index in [1.54, 1.807) is 0 Å². The van der Waals surface area contributed by atoms with Crippen molar-refractivity contribution in [1.82, 2.24) is 0 Å². The average molecular weight is 217 g/mol. The lowest BCUT2D eigenvalue weighted by atomic mass is 9.99. The van der Waals surface area contributed by atoms with Gasteiger partial charge in [-0.15, -0.1) is 0 Å². The van der Waals surface area contributed by atoms with Crippen LogP contribution in [0.3, 0.4) is 0 Å². The number of fused-ring (bicyclic) bond motifs is 3. The fourth-order valence-electron chi connectivity index (χ4n) is 2.26. The van der Waals surface area contributed by atoms with Crippen LogP contribution in [0.1, 0.15) is 37.8 Å². The zero-order valence-corrected chi connectivity index (χ0v) is 9.58. The van der Waals surface area contributed by atoms with E-state index in [-0.39, 0.29) is 0 Å². The van der Waals surface area contributed by atoms with Crippen LogP contribution >= 0.6 is 0 Å². The van der Waals surface area contributed by atoms with E-state index >= 15 is 0 Å². The smallest absolute Gasteiger partial charge is 0.226 e. The van der Waals surface area contributed by atoms with Crippen molar-refractivity contribution in [2.75, 3.05) is 0 Å². The van der Waals surface area contributed by atoms with Gasteiger partial charge >= 0.3 is 0 Å². The van der Waals surface area contributed by atoms with Gasteiger partial charge in [0.05, 0.1) is 11.3 Å². The summed E-state index contributed by atoms with van der Waals surface area (Å²) in [5.41, 5.74) is 10.1. The topological polar surface area (TPSA) is 63.9 Å². The largest absolute Gasteiger partial charge is 0.436 e. The molecule has 1 aromatic rings. The Balaban J connectivity index is 2.36. The molecular weight excluding hydrogens is 202 g/mol. The third-order valence-electron chi connectivity index (χ3n) is 3.08. The van der Waals surface area contributed by atoms with Gasteiger partial charge in [0.25, 0.3) is 0 Å². The number of furan rings is 1. The Kier molecular flexibility index (Phi) is 1.79. The third kappa shape index (κ3) is 1.29. The number of nitrogens with zero attached hydrogens (tertiary/aromatic N) is 2. The van der Waals surface area contributed by atoms with Crippen molar-refractivity contribution in [3.63, 3.8) is 0 Å². The van der Waals surface area contributed by atoms with Crippen LogP contribution in [0.2, 0.25) is 0 Å². The second-order valence-corrected chi connectivity index (χ2v) is 4.87. The molecule has 0 bridgehead atoms. The van der Waals surface area contributed by atoms with E-state index in [1.807, 2.05) is 20.1 Å². The first-order chi connectivity index (χ1) is 7.57. The Labute approximate surface area is 93.6 Å². The van der Waals surface area contributed by atoms with Gasteiger partial charge < -0.3 is 10.2 Å². The van der Waals surface area contributed by atoms with Crippen molar-refractivity contribution >= 4 is 11.9 Å². The monoisotopic (exact) mass is 217 g/mol. The summed E-state index contributed by atoms with van der Waals surface area (Å²) in [7, 11) is 0. The molecule has 4 heteroatoms. The summed E-state index contributed by atoms with van der Waals surface area (Å²) in [5, 5.41) is 0. The minimum absolute atomic E-state index is 0.414. The lowest BCUT2D eigenvalue weighted by molar-refractivity contribution is 0.426. The van der Waals surface area contributed by atoms with Crippen LogP contribution in [0.15, 0.2) is 14.4 Å². The lowest BCUT2D eigenvalue weighted by Gasteiger charge is -2.15. The number of aliphatic imine (C=N–C) groups is 1. The van der Waals surface area contributed by atoms with Gasteiger partial charge in [-0.3, -0.25) is 4.99 Å². The van der Waals surface area contributed by atoms with Gasteiger partial charge in [-0.1, -0.05) is 0 Å². The first-order valence-electron chi connectivity index (χ1n) is 5.62. The van der Waals surface area contributed by atoms with E-state index < -0.39 is 5.66 Å². The number of rotatable bonds is 0. The van der Waals surface area contributed by atoms with E-state index in [0.29, 0.717) is 5.55 Å². The van der Waals surface area contributed by atoms with E-state index in [2.05, 4.69) is 9.98 Å². The van der Waals surface area contributed by atoms with Crippen molar-refractivity contribution in [3.05, 3.63) is 22.1 Å². The van der Waals surface area contributed by atoms with Crippen molar-refractivity contribution in [2.24, 2.45) is 15.7 Å². The Morgan fingerprint density at radius 1 is 1.38 bits per heavy atom. The highest BCUT2D eigenvalue weighted by atomic mass is 16.3. The van der Waals surface area contributed by atoms with Gasteiger partial charge in [0.2, 0.25) is 5.55 Å². The van der Waals surface area contributed by atoms with Crippen molar-refractivity contribution in [2.45, 2.75) is 38.8 Å². The fraction of sp³-hybridized carbons (Fsp3) is 0.500. The summed E-state index contributed by atoms with van der Waals surface area (Å²) >= 11 is 0. The van der Waals surface area contributed by atoms with Crippen LogP contribution in [0, 0.1) is 0 Å². The molecule has 4 nitrogen and oxygen atoms in total. The molecule has 1 aromatic heterocycles. The first kappa shape index (κ1) is 9.63. The zero-order valence-electron chi connectivity index (χ0n) is 9.58. The predicted molar refractivity (Wildman–Crippen MR) is 61.7 cm³/mol. The maximum Gasteiger partial charge on any atom is 0.226 e. The van der Waals surface area contributed by atoms with Crippen LogP contribution in [0.25, 0.3) is 5.70 Å². The normalized spacial score (nSPS) is 21.2. The van der Waals surface area contributed by atoms with Gasteiger partial charge in [-0.25, -0.2) is 4.99 Å². The highest BCUT2D eigenvalue weighted by molar-refractivity contribution is 5.82. The molecule has 0 saturated carbocycles. The van der Waals surface area contributed by atoms with E-state index in [9.17, 15) is 0 Å². The molecule has 0 fully saturated rings. The van der Waals surface area contributed by atoms with Gasteiger partial charge in [0.1, 0.15) is 5.66 Å². The second kappa shape index (κ2) is 2.97. The van der Waals surface area contributed by atoms with Crippen LogP contribution in [0.5, 0.6) is 0 Å². The van der Waals surface area contributed by atoms with Gasteiger partial charge in [0, 0.05) is 11.8 Å². The van der Waals surface area contributed by atoms with Crippen molar-refractivity contribution < 1.29 is 4.42 Å². The molecule has 0 amide bonds. The molecule has 2 heterocycles. The van der Waals surface area contributed by atoms with Crippen LogP contribution in [0.4, 0.5) is 0 Å². The Hall–Kier alpha value is -1.58. The molecule has 0 unspecified atom stereocenters. The SMILES string of the molecule is CC1(C)N=Cc2c3c(oc2=N1)=C(N)CCC3. The Bertz CT molecular complexity index is 593. The number of hydrogen-bond donors (Lipinski definition) is 1. The fourth-order valence-corrected chi connectivity index (χ4v) is 2.26. The van der Waals surface area contributed by atoms with Crippen LogP contribution < -0.4 is 16.7 Å². The summed E-state index contributed by atoms with van der Waals surface area (Å²) in [5.74, 6) is 0. The van der Waals surface area contributed by atoms with E-state index in [4.69, 9.17) is 10.2 Å². The molecule has 84 valence electrons. The highest BCUT2D eigenvalue weighted by Crippen LogP contribution is 2.17. The summed E-state index contributed by atoms with van der Waals surface area (Å²) in [6.07, 6.45) is 4.89. The van der Waals surface area contributed by atoms with Crippen molar-refractivity contribution in [3.8, 4) is 0 Å². The quantitative estimate of drug-likeness (QED) is 0.686. The molecule has 0 radical (unpaired) electrons. The third-order valence-corrected chi connectivity index (χ3v) is 3.08. The summed E-state index contributed by atoms with van der Waals surface area (Å²) < 4.78 is 5.76. The lowest BCUT2D eigenvalue weighted by Crippen LogP contribution is -2.24. The molecule has 1 aliphatic heterocycles. The maximum atomic E-state index is 5.96. The van der Waals surface area contributed by atoms with Gasteiger partial charge in [-0.05, 0) is 33.1 Å². The average Bonchev–Trinajstić information content (AvgIpc) is 2.55. The number of nitrogens with two attached hydrogens (primary N) is 1. The predicted octanol–water partition coefficient (Wildman–Crippen LogP) is 0.471. The molecule has 2 aliphatic rings. The standard InChI is InChI=1S/C12H15N3O/c1-12(2)14-6-8-7-4-3-5-9(13)10(7)16-11(8)15-12/h6H,3-5,13H2,1-2H3. The number of hydrogen-bond acceptors (Lipinski definition) is 4. The maximum absolute atomic E-state index is 5.96. The van der Waals surface area contributed by atoms with Gasteiger partial charge in [-0.2, -0.15) is 0 Å². The molecule has 0 aromatic carbocycles. The summed E-state index contributed by atoms with van der Waals surface area (Å²) in [6.45, 7) is 3.92. The minimum Gasteiger partial charge on any atom is -0.436 e. The van der Waals surface area contributed by atoms with Crippen molar-refractivity contribution in [1.29, 1.82) is 0 Å². The molecule has 2 N–H and O–H groups in total. The molecule has 0 spiro atoms. The molecule has 0 atom stereocenters. The summed E-state index contributed by atoms with van der Waals surface area (Å²) in [6, 6.07) is 0. The van der Waals surface area contributed by atoms with E-state index in [1.165, 1.54) is 5.56 Å². The Morgan fingerprint density at radius 3 is 3.00 bits per heavy atom. The molecule has 16 heavy (non-hydrogen) atoms. The molecular formula is C12H15N3O. The minimum atomic E-state index is -0.414.